The maximum Gasteiger partial charge on any atom is 0.229 e. The first-order valence-electron chi connectivity index (χ1n) is 10.4. The number of aromatic nitrogens is 1. The molecule has 3 heterocycles. The largest absolute Gasteiger partial charge is 0.354 e. The molecule has 4 rings (SSSR count). The van der Waals surface area contributed by atoms with Gasteiger partial charge in [-0.2, -0.15) is 0 Å². The van der Waals surface area contributed by atoms with Gasteiger partial charge in [-0.3, -0.25) is 14.5 Å². The molecule has 2 aliphatic rings. The van der Waals surface area contributed by atoms with Gasteiger partial charge in [0, 0.05) is 56.1 Å². The molecule has 1 saturated heterocycles. The Kier molecular flexibility index (Phi) is 5.62. The number of carbonyl (C=O) groups excluding carboxylic acids is 2. The third-order valence-corrected chi connectivity index (χ3v) is 5.77. The lowest BCUT2D eigenvalue weighted by atomic mass is 10.0. The van der Waals surface area contributed by atoms with E-state index in [1.807, 2.05) is 61.3 Å². The van der Waals surface area contributed by atoms with Crippen LogP contribution in [-0.2, 0) is 11.2 Å². The zero-order valence-electron chi connectivity index (χ0n) is 17.2. The molecule has 29 heavy (non-hydrogen) atoms. The van der Waals surface area contributed by atoms with Crippen molar-refractivity contribution in [2.75, 3.05) is 49.1 Å². The second kappa shape index (κ2) is 8.33. The van der Waals surface area contributed by atoms with Crippen molar-refractivity contribution in [3.8, 4) is 0 Å². The van der Waals surface area contributed by atoms with Crippen molar-refractivity contribution in [3.63, 3.8) is 0 Å². The van der Waals surface area contributed by atoms with Gasteiger partial charge in [0.1, 0.15) is 5.82 Å². The van der Waals surface area contributed by atoms with Gasteiger partial charge in [-0.15, -0.1) is 0 Å². The highest BCUT2D eigenvalue weighted by Gasteiger charge is 2.27. The highest BCUT2D eigenvalue weighted by molar-refractivity contribution is 6.00. The lowest BCUT2D eigenvalue weighted by Crippen LogP contribution is -2.48. The summed E-state index contributed by atoms with van der Waals surface area (Å²) in [5.41, 5.74) is 2.81. The fourth-order valence-corrected chi connectivity index (χ4v) is 4.09. The molecule has 0 unspecified atom stereocenters. The second-order valence-corrected chi connectivity index (χ2v) is 8.11. The zero-order chi connectivity index (χ0) is 20.4. The number of Topliss-reactive ketones (excluding diaryl/α,β-unsaturated/α-hetero) is 1. The molecule has 0 radical (unpaired) electrons. The molecule has 0 bridgehead atoms. The Balaban J connectivity index is 1.36. The Hall–Kier alpha value is -2.73. The molecule has 152 valence electrons. The average molecular weight is 393 g/mol. The van der Waals surface area contributed by atoms with Crippen LogP contribution < -0.4 is 9.80 Å². The molecule has 6 nitrogen and oxygen atoms in total. The SMILES string of the molecule is CC(C)C(=O)N1CCc2cc(C(=O)CN3CCN(c4ccccn4)CC3)ccc21. The monoisotopic (exact) mass is 392 g/mol. The number of rotatable bonds is 5. The summed E-state index contributed by atoms with van der Waals surface area (Å²) in [6, 6.07) is 11.7. The lowest BCUT2D eigenvalue weighted by molar-refractivity contribution is -0.121. The number of hydrogen-bond donors (Lipinski definition) is 0. The van der Waals surface area contributed by atoms with E-state index in [0.717, 1.165) is 55.2 Å². The van der Waals surface area contributed by atoms with Gasteiger partial charge in [0.15, 0.2) is 5.78 Å². The van der Waals surface area contributed by atoms with Crippen molar-refractivity contribution in [3.05, 3.63) is 53.7 Å². The predicted octanol–water partition coefficient (Wildman–Crippen LogP) is 2.63. The fraction of sp³-hybridized carbons (Fsp3) is 0.435. The van der Waals surface area contributed by atoms with Crippen molar-refractivity contribution < 1.29 is 9.59 Å². The van der Waals surface area contributed by atoms with E-state index >= 15 is 0 Å². The first-order chi connectivity index (χ1) is 14.0. The van der Waals surface area contributed by atoms with Crippen molar-refractivity contribution in [2.45, 2.75) is 20.3 Å². The van der Waals surface area contributed by atoms with Crippen LogP contribution in [0, 0.1) is 5.92 Å². The number of hydrogen-bond acceptors (Lipinski definition) is 5. The number of benzene rings is 1. The van der Waals surface area contributed by atoms with Crippen LogP contribution in [0.1, 0.15) is 29.8 Å². The normalized spacial score (nSPS) is 16.9. The minimum Gasteiger partial charge on any atom is -0.354 e. The van der Waals surface area contributed by atoms with Gasteiger partial charge in [0.05, 0.1) is 6.54 Å². The highest BCUT2D eigenvalue weighted by atomic mass is 16.2. The molecule has 1 fully saturated rings. The van der Waals surface area contributed by atoms with Crippen molar-refractivity contribution in [2.24, 2.45) is 5.92 Å². The van der Waals surface area contributed by atoms with Crippen LogP contribution in [-0.4, -0.2) is 60.8 Å². The van der Waals surface area contributed by atoms with E-state index in [4.69, 9.17) is 0 Å². The number of ketones is 1. The van der Waals surface area contributed by atoms with Crippen LogP contribution >= 0.6 is 0 Å². The standard InChI is InChI=1S/C23H28N4O2/c1-17(2)23(29)27-10-8-18-15-19(6-7-20(18)27)21(28)16-25-11-13-26(14-12-25)22-5-3-4-9-24-22/h3-7,9,15,17H,8,10-14,16H2,1-2H3. The zero-order valence-corrected chi connectivity index (χ0v) is 17.2. The molecule has 1 aromatic heterocycles. The van der Waals surface area contributed by atoms with E-state index in [9.17, 15) is 9.59 Å². The summed E-state index contributed by atoms with van der Waals surface area (Å²) in [6.07, 6.45) is 2.63. The Labute approximate surface area is 172 Å². The number of carbonyl (C=O) groups is 2. The van der Waals surface area contributed by atoms with Gasteiger partial charge < -0.3 is 9.80 Å². The van der Waals surface area contributed by atoms with Crippen molar-refractivity contribution in [1.29, 1.82) is 0 Å². The number of pyridine rings is 1. The number of fused-ring (bicyclic) bond motifs is 1. The van der Waals surface area contributed by atoms with E-state index in [1.165, 1.54) is 0 Å². The summed E-state index contributed by atoms with van der Waals surface area (Å²) in [4.78, 5) is 35.9. The number of nitrogens with zero attached hydrogens (tertiary/aromatic N) is 4. The Morgan fingerprint density at radius 3 is 2.52 bits per heavy atom. The smallest absolute Gasteiger partial charge is 0.229 e. The molecule has 0 saturated carbocycles. The molecule has 2 aromatic rings. The second-order valence-electron chi connectivity index (χ2n) is 8.11. The highest BCUT2D eigenvalue weighted by Crippen LogP contribution is 2.30. The molecule has 1 amide bonds. The van der Waals surface area contributed by atoms with E-state index < -0.39 is 0 Å². The van der Waals surface area contributed by atoms with Gasteiger partial charge in [-0.05, 0) is 42.3 Å². The van der Waals surface area contributed by atoms with Crippen LogP contribution in [0.5, 0.6) is 0 Å². The summed E-state index contributed by atoms with van der Waals surface area (Å²) in [7, 11) is 0. The quantitative estimate of drug-likeness (QED) is 0.732. The van der Waals surface area contributed by atoms with Gasteiger partial charge in [0.25, 0.3) is 0 Å². The van der Waals surface area contributed by atoms with E-state index in [1.54, 1.807) is 0 Å². The average Bonchev–Trinajstić information content (AvgIpc) is 3.17. The third kappa shape index (κ3) is 4.17. The van der Waals surface area contributed by atoms with Gasteiger partial charge in [0.2, 0.25) is 5.91 Å². The van der Waals surface area contributed by atoms with E-state index in [2.05, 4.69) is 14.8 Å². The van der Waals surface area contributed by atoms with Gasteiger partial charge >= 0.3 is 0 Å². The lowest BCUT2D eigenvalue weighted by Gasteiger charge is -2.35. The van der Waals surface area contributed by atoms with Crippen LogP contribution in [0.15, 0.2) is 42.6 Å². The predicted molar refractivity (Wildman–Crippen MR) is 115 cm³/mol. The fourth-order valence-electron chi connectivity index (χ4n) is 4.09. The van der Waals surface area contributed by atoms with Gasteiger partial charge in [-0.1, -0.05) is 19.9 Å². The summed E-state index contributed by atoms with van der Waals surface area (Å²) >= 11 is 0. The first kappa shape index (κ1) is 19.6. The Bertz CT molecular complexity index is 889. The molecular weight excluding hydrogens is 364 g/mol. The molecule has 0 spiro atoms. The maximum atomic E-state index is 12.8. The minimum atomic E-state index is -0.0213. The summed E-state index contributed by atoms with van der Waals surface area (Å²) < 4.78 is 0. The summed E-state index contributed by atoms with van der Waals surface area (Å²) in [5, 5.41) is 0. The topological polar surface area (TPSA) is 56.8 Å². The van der Waals surface area contributed by atoms with Crippen LogP contribution in [0.2, 0.25) is 0 Å². The summed E-state index contributed by atoms with van der Waals surface area (Å²) in [6.45, 7) is 8.44. The number of anilines is 2. The first-order valence-corrected chi connectivity index (χ1v) is 10.4. The van der Waals surface area contributed by atoms with E-state index in [-0.39, 0.29) is 17.6 Å². The number of amides is 1. The molecular formula is C23H28N4O2. The molecule has 6 heteroatoms. The van der Waals surface area contributed by atoms with E-state index in [0.29, 0.717) is 13.1 Å². The Morgan fingerprint density at radius 1 is 1.03 bits per heavy atom. The minimum absolute atomic E-state index is 0.0213. The van der Waals surface area contributed by atoms with Gasteiger partial charge in [-0.25, -0.2) is 4.98 Å². The van der Waals surface area contributed by atoms with Crippen molar-refractivity contribution >= 4 is 23.2 Å². The maximum absolute atomic E-state index is 12.8. The van der Waals surface area contributed by atoms with Crippen LogP contribution in [0.4, 0.5) is 11.5 Å². The third-order valence-electron chi connectivity index (χ3n) is 5.77. The molecule has 0 N–H and O–H groups in total. The number of piperazine rings is 1. The molecule has 1 aromatic carbocycles. The molecule has 0 aliphatic carbocycles. The molecule has 0 atom stereocenters. The Morgan fingerprint density at radius 2 is 1.83 bits per heavy atom. The molecule has 2 aliphatic heterocycles. The van der Waals surface area contributed by atoms with Crippen LogP contribution in [0.25, 0.3) is 0 Å². The van der Waals surface area contributed by atoms with Crippen molar-refractivity contribution in [1.82, 2.24) is 9.88 Å². The summed E-state index contributed by atoms with van der Waals surface area (Å²) in [5.74, 6) is 1.27. The van der Waals surface area contributed by atoms with Crippen LogP contribution in [0.3, 0.4) is 0 Å².